The highest BCUT2D eigenvalue weighted by Crippen LogP contribution is 2.36. The van der Waals surface area contributed by atoms with E-state index in [-0.39, 0.29) is 11.7 Å². The predicted octanol–water partition coefficient (Wildman–Crippen LogP) is 3.66. The van der Waals surface area contributed by atoms with E-state index in [2.05, 4.69) is 10.2 Å². The van der Waals surface area contributed by atoms with Crippen LogP contribution in [0.4, 0.5) is 18.9 Å². The number of alkyl halides is 3. The number of nitrogen functional groups attached to an aromatic ring is 1. The van der Waals surface area contributed by atoms with Gasteiger partial charge in [0, 0.05) is 17.3 Å². The van der Waals surface area contributed by atoms with Crippen LogP contribution in [0.3, 0.4) is 0 Å². The highest BCUT2D eigenvalue weighted by atomic mass is 19.4. The van der Waals surface area contributed by atoms with Crippen molar-refractivity contribution in [1.29, 1.82) is 0 Å². The molecule has 2 aromatic rings. The maximum atomic E-state index is 12.9. The normalized spacial score (nSPS) is 16.5. The minimum absolute atomic E-state index is 0.0702. The van der Waals surface area contributed by atoms with E-state index < -0.39 is 11.7 Å². The Balaban J connectivity index is 2.05. The third kappa shape index (κ3) is 2.72. The van der Waals surface area contributed by atoms with Gasteiger partial charge in [0.15, 0.2) is 5.82 Å². The Morgan fingerprint density at radius 1 is 1.14 bits per heavy atom. The highest BCUT2D eigenvalue weighted by molar-refractivity contribution is 5.63. The van der Waals surface area contributed by atoms with Crippen molar-refractivity contribution in [2.24, 2.45) is 0 Å². The van der Waals surface area contributed by atoms with Crippen LogP contribution in [-0.4, -0.2) is 14.8 Å². The van der Waals surface area contributed by atoms with Gasteiger partial charge in [0.05, 0.1) is 5.56 Å². The first-order chi connectivity index (χ1) is 9.95. The molecule has 1 saturated carbocycles. The summed E-state index contributed by atoms with van der Waals surface area (Å²) in [7, 11) is 0. The number of halogens is 3. The zero-order valence-electron chi connectivity index (χ0n) is 11.3. The van der Waals surface area contributed by atoms with E-state index >= 15 is 0 Å². The number of nitrogens with two attached hydrogens (primary N) is 1. The van der Waals surface area contributed by atoms with Gasteiger partial charge in [-0.05, 0) is 31.0 Å². The lowest BCUT2D eigenvalue weighted by atomic mass is 10.1. The topological polar surface area (TPSA) is 56.7 Å². The van der Waals surface area contributed by atoms with E-state index in [1.165, 1.54) is 6.07 Å². The number of rotatable bonds is 2. The lowest BCUT2D eigenvalue weighted by Gasteiger charge is -2.15. The number of hydrogen-bond acceptors (Lipinski definition) is 3. The van der Waals surface area contributed by atoms with E-state index in [0.29, 0.717) is 11.4 Å². The zero-order chi connectivity index (χ0) is 15.0. The first-order valence-corrected chi connectivity index (χ1v) is 6.83. The van der Waals surface area contributed by atoms with E-state index in [9.17, 15) is 13.2 Å². The second-order valence-corrected chi connectivity index (χ2v) is 5.34. The van der Waals surface area contributed by atoms with E-state index in [0.717, 1.165) is 37.8 Å². The van der Waals surface area contributed by atoms with Gasteiger partial charge < -0.3 is 10.3 Å². The second kappa shape index (κ2) is 5.05. The lowest BCUT2D eigenvalue weighted by Crippen LogP contribution is -2.08. The van der Waals surface area contributed by atoms with Crippen molar-refractivity contribution < 1.29 is 13.2 Å². The lowest BCUT2D eigenvalue weighted by molar-refractivity contribution is -0.137. The fraction of sp³-hybridized carbons (Fsp3) is 0.429. The minimum Gasteiger partial charge on any atom is -0.399 e. The Labute approximate surface area is 119 Å². The summed E-state index contributed by atoms with van der Waals surface area (Å²) in [6.45, 7) is 0. The van der Waals surface area contributed by atoms with Crippen LogP contribution in [-0.2, 0) is 6.18 Å². The SMILES string of the molecule is Nc1cc(-c2nncn2C2CCCC2)cc(C(F)(F)F)c1. The Morgan fingerprint density at radius 3 is 2.52 bits per heavy atom. The van der Waals surface area contributed by atoms with Crippen LogP contribution in [0.15, 0.2) is 24.5 Å². The van der Waals surface area contributed by atoms with Gasteiger partial charge in [0.1, 0.15) is 6.33 Å². The molecule has 1 aromatic carbocycles. The largest absolute Gasteiger partial charge is 0.416 e. The standard InChI is InChI=1S/C14H15F3N4/c15-14(16,17)10-5-9(6-11(18)7-10)13-20-19-8-21(13)12-3-1-2-4-12/h5-8,12H,1-4,18H2. The number of benzene rings is 1. The molecule has 21 heavy (non-hydrogen) atoms. The summed E-state index contributed by atoms with van der Waals surface area (Å²) in [6, 6.07) is 3.77. The van der Waals surface area contributed by atoms with Crippen LogP contribution in [0, 0.1) is 0 Å². The molecule has 0 radical (unpaired) electrons. The highest BCUT2D eigenvalue weighted by Gasteiger charge is 2.32. The number of hydrogen-bond donors (Lipinski definition) is 1. The predicted molar refractivity (Wildman–Crippen MR) is 72.4 cm³/mol. The van der Waals surface area contributed by atoms with Crippen LogP contribution in [0.1, 0.15) is 37.3 Å². The van der Waals surface area contributed by atoms with Gasteiger partial charge in [0.2, 0.25) is 0 Å². The first kappa shape index (κ1) is 13.9. The average molecular weight is 296 g/mol. The Kier molecular flexibility index (Phi) is 3.35. The summed E-state index contributed by atoms with van der Waals surface area (Å²) in [5, 5.41) is 7.84. The molecular formula is C14H15F3N4. The minimum atomic E-state index is -4.43. The van der Waals surface area contributed by atoms with Crippen LogP contribution in [0.25, 0.3) is 11.4 Å². The molecule has 7 heteroatoms. The van der Waals surface area contributed by atoms with Gasteiger partial charge in [-0.1, -0.05) is 12.8 Å². The third-order valence-corrected chi connectivity index (χ3v) is 3.83. The Morgan fingerprint density at radius 2 is 1.86 bits per heavy atom. The van der Waals surface area contributed by atoms with E-state index in [1.807, 2.05) is 4.57 Å². The summed E-state index contributed by atoms with van der Waals surface area (Å²) in [6.07, 6.45) is 1.39. The molecular weight excluding hydrogens is 281 g/mol. The molecule has 0 atom stereocenters. The molecule has 0 bridgehead atoms. The molecule has 4 nitrogen and oxygen atoms in total. The Hall–Kier alpha value is -2.05. The second-order valence-electron chi connectivity index (χ2n) is 5.34. The monoisotopic (exact) mass is 296 g/mol. The van der Waals surface area contributed by atoms with Crippen LogP contribution >= 0.6 is 0 Å². The molecule has 112 valence electrons. The van der Waals surface area contributed by atoms with Gasteiger partial charge in [-0.2, -0.15) is 13.2 Å². The molecule has 0 amide bonds. The van der Waals surface area contributed by atoms with Gasteiger partial charge in [-0.15, -0.1) is 10.2 Å². The summed E-state index contributed by atoms with van der Waals surface area (Å²) in [5.41, 5.74) is 5.27. The van der Waals surface area contributed by atoms with E-state index in [4.69, 9.17) is 5.73 Å². The maximum absolute atomic E-state index is 12.9. The number of aromatic nitrogens is 3. The fourth-order valence-corrected chi connectivity index (χ4v) is 2.84. The van der Waals surface area contributed by atoms with Crippen molar-refractivity contribution in [2.45, 2.75) is 37.9 Å². The van der Waals surface area contributed by atoms with Crippen molar-refractivity contribution in [3.8, 4) is 11.4 Å². The summed E-state index contributed by atoms with van der Waals surface area (Å²) >= 11 is 0. The van der Waals surface area contributed by atoms with Crippen molar-refractivity contribution in [3.63, 3.8) is 0 Å². The quantitative estimate of drug-likeness (QED) is 0.860. The average Bonchev–Trinajstić information content (AvgIpc) is 3.07. The van der Waals surface area contributed by atoms with Gasteiger partial charge in [-0.25, -0.2) is 0 Å². The molecule has 1 fully saturated rings. The van der Waals surface area contributed by atoms with Crippen molar-refractivity contribution in [3.05, 3.63) is 30.1 Å². The maximum Gasteiger partial charge on any atom is 0.416 e. The molecule has 0 aliphatic heterocycles. The first-order valence-electron chi connectivity index (χ1n) is 6.83. The molecule has 1 aromatic heterocycles. The molecule has 0 unspecified atom stereocenters. The molecule has 3 rings (SSSR count). The summed E-state index contributed by atoms with van der Waals surface area (Å²) < 4.78 is 40.5. The van der Waals surface area contributed by atoms with Crippen LogP contribution in [0.5, 0.6) is 0 Å². The molecule has 1 aliphatic rings. The van der Waals surface area contributed by atoms with Crippen molar-refractivity contribution in [2.75, 3.05) is 5.73 Å². The smallest absolute Gasteiger partial charge is 0.399 e. The Bertz CT molecular complexity index is 642. The summed E-state index contributed by atoms with van der Waals surface area (Å²) in [5.74, 6) is 0.444. The molecule has 1 heterocycles. The molecule has 2 N–H and O–H groups in total. The molecule has 0 spiro atoms. The van der Waals surface area contributed by atoms with Crippen molar-refractivity contribution in [1.82, 2.24) is 14.8 Å². The van der Waals surface area contributed by atoms with Gasteiger partial charge in [0.25, 0.3) is 0 Å². The molecule has 0 saturated heterocycles. The fourth-order valence-electron chi connectivity index (χ4n) is 2.84. The van der Waals surface area contributed by atoms with Gasteiger partial charge in [-0.3, -0.25) is 0 Å². The van der Waals surface area contributed by atoms with Crippen LogP contribution < -0.4 is 5.73 Å². The van der Waals surface area contributed by atoms with Gasteiger partial charge >= 0.3 is 6.18 Å². The number of nitrogens with zero attached hydrogens (tertiary/aromatic N) is 3. The third-order valence-electron chi connectivity index (χ3n) is 3.83. The summed E-state index contributed by atoms with van der Waals surface area (Å²) in [4.78, 5) is 0. The van der Waals surface area contributed by atoms with E-state index in [1.54, 1.807) is 6.33 Å². The molecule has 1 aliphatic carbocycles. The zero-order valence-corrected chi connectivity index (χ0v) is 11.3. The van der Waals surface area contributed by atoms with Crippen LogP contribution in [0.2, 0.25) is 0 Å². The number of anilines is 1. The van der Waals surface area contributed by atoms with Crippen molar-refractivity contribution >= 4 is 5.69 Å².